The number of carbonyl (C=O) groups is 3. The van der Waals surface area contributed by atoms with Crippen molar-refractivity contribution in [2.45, 2.75) is 37.8 Å². The third-order valence-corrected chi connectivity index (χ3v) is 8.08. The summed E-state index contributed by atoms with van der Waals surface area (Å²) < 4.78 is 5.54. The lowest BCUT2D eigenvalue weighted by Crippen LogP contribution is -2.60. The molecular formula is C33H35N3O5. The SMILES string of the molecule is C/C(=C\CNC(=O)OCC1c2ccccc2-c2ccccc21)C(=O)NC1(C(=O)O)CCN(Cc2ccccc2)CC1. The number of piperidine rings is 1. The van der Waals surface area contributed by atoms with Crippen molar-refractivity contribution in [3.05, 3.63) is 107 Å². The molecule has 8 heteroatoms. The molecule has 3 aromatic carbocycles. The first-order valence-corrected chi connectivity index (χ1v) is 13.9. The molecule has 5 rings (SSSR count). The molecule has 0 atom stereocenters. The number of likely N-dealkylation sites (tertiary alicyclic amines) is 1. The topological polar surface area (TPSA) is 108 Å². The molecule has 1 saturated heterocycles. The number of ether oxygens (including phenoxy) is 1. The molecule has 212 valence electrons. The van der Waals surface area contributed by atoms with Gasteiger partial charge in [0.25, 0.3) is 0 Å². The first-order valence-electron chi connectivity index (χ1n) is 13.9. The van der Waals surface area contributed by atoms with E-state index in [1.807, 2.05) is 54.6 Å². The Labute approximate surface area is 240 Å². The maximum atomic E-state index is 12.9. The number of carbonyl (C=O) groups excluding carboxylic acids is 2. The monoisotopic (exact) mass is 553 g/mol. The largest absolute Gasteiger partial charge is 0.480 e. The van der Waals surface area contributed by atoms with E-state index in [0.29, 0.717) is 31.5 Å². The summed E-state index contributed by atoms with van der Waals surface area (Å²) in [5, 5.41) is 15.4. The number of alkyl carbamates (subject to hydrolysis) is 1. The highest BCUT2D eigenvalue weighted by Crippen LogP contribution is 2.44. The van der Waals surface area contributed by atoms with Gasteiger partial charge >= 0.3 is 12.1 Å². The van der Waals surface area contributed by atoms with Crippen LogP contribution in [0.3, 0.4) is 0 Å². The van der Waals surface area contributed by atoms with Crippen molar-refractivity contribution in [3.63, 3.8) is 0 Å². The Morgan fingerprint density at radius 2 is 1.51 bits per heavy atom. The standard InChI is InChI=1S/C33H35N3O5/c1-23(30(37)35-33(31(38)39)16-19-36(20-17-33)21-24-9-3-2-4-10-24)15-18-34-32(40)41-22-29-27-13-7-5-11-25(27)26-12-6-8-14-28(26)29/h2-15,29H,16-22H2,1H3,(H,34,40)(H,35,37)(H,38,39)/b23-15+. The van der Waals surface area contributed by atoms with Crippen LogP contribution in [0, 0.1) is 0 Å². The minimum absolute atomic E-state index is 0.0393. The number of hydrogen-bond acceptors (Lipinski definition) is 5. The molecule has 2 aliphatic rings. The summed E-state index contributed by atoms with van der Waals surface area (Å²) in [5.41, 5.74) is 4.75. The van der Waals surface area contributed by atoms with E-state index in [0.717, 1.165) is 28.8 Å². The molecule has 3 N–H and O–H groups in total. The molecule has 1 aliphatic carbocycles. The van der Waals surface area contributed by atoms with Crippen molar-refractivity contribution in [2.75, 3.05) is 26.2 Å². The molecule has 8 nitrogen and oxygen atoms in total. The first kappa shape index (κ1) is 28.1. The summed E-state index contributed by atoms with van der Waals surface area (Å²) in [6.07, 6.45) is 1.61. The fourth-order valence-electron chi connectivity index (χ4n) is 5.67. The lowest BCUT2D eigenvalue weighted by molar-refractivity contribution is -0.149. The third kappa shape index (κ3) is 6.33. The highest BCUT2D eigenvalue weighted by Gasteiger charge is 2.43. The molecule has 1 heterocycles. The Morgan fingerprint density at radius 1 is 0.927 bits per heavy atom. The van der Waals surface area contributed by atoms with E-state index in [1.165, 1.54) is 5.56 Å². The van der Waals surface area contributed by atoms with Crippen molar-refractivity contribution in [2.24, 2.45) is 0 Å². The molecule has 0 bridgehead atoms. The number of nitrogens with zero attached hydrogens (tertiary/aromatic N) is 1. The van der Waals surface area contributed by atoms with E-state index >= 15 is 0 Å². The predicted molar refractivity (Wildman–Crippen MR) is 156 cm³/mol. The number of aliphatic carboxylic acids is 1. The molecule has 2 amide bonds. The van der Waals surface area contributed by atoms with Crippen LogP contribution in [0.25, 0.3) is 11.1 Å². The quantitative estimate of drug-likeness (QED) is 0.332. The Balaban J connectivity index is 1.10. The van der Waals surface area contributed by atoms with Crippen molar-refractivity contribution in [3.8, 4) is 11.1 Å². The van der Waals surface area contributed by atoms with Gasteiger partial charge in [-0.05, 0) is 47.6 Å². The molecule has 41 heavy (non-hydrogen) atoms. The van der Waals surface area contributed by atoms with E-state index in [4.69, 9.17) is 4.74 Å². The highest BCUT2D eigenvalue weighted by atomic mass is 16.5. The minimum Gasteiger partial charge on any atom is -0.480 e. The van der Waals surface area contributed by atoms with Crippen molar-refractivity contribution >= 4 is 18.0 Å². The smallest absolute Gasteiger partial charge is 0.407 e. The fraction of sp³-hybridized carbons (Fsp3) is 0.303. The Bertz CT molecular complexity index is 1400. The van der Waals surface area contributed by atoms with Gasteiger partial charge in [0, 0.05) is 37.7 Å². The van der Waals surface area contributed by atoms with E-state index in [1.54, 1.807) is 13.0 Å². The van der Waals surface area contributed by atoms with Gasteiger partial charge in [-0.25, -0.2) is 9.59 Å². The second-order valence-electron chi connectivity index (χ2n) is 10.7. The van der Waals surface area contributed by atoms with Crippen LogP contribution >= 0.6 is 0 Å². The molecule has 3 aromatic rings. The maximum Gasteiger partial charge on any atom is 0.407 e. The van der Waals surface area contributed by atoms with Crippen LogP contribution in [-0.2, 0) is 20.9 Å². The molecule has 0 saturated carbocycles. The van der Waals surface area contributed by atoms with Crippen LogP contribution in [0.1, 0.15) is 42.4 Å². The van der Waals surface area contributed by atoms with Gasteiger partial charge in [0.05, 0.1) is 0 Å². The zero-order valence-electron chi connectivity index (χ0n) is 23.1. The predicted octanol–water partition coefficient (Wildman–Crippen LogP) is 4.71. The van der Waals surface area contributed by atoms with Crippen molar-refractivity contribution in [1.82, 2.24) is 15.5 Å². The zero-order chi connectivity index (χ0) is 28.8. The van der Waals surface area contributed by atoms with Gasteiger partial charge in [0.1, 0.15) is 12.1 Å². The number of carboxylic acid groups (broad SMARTS) is 1. The van der Waals surface area contributed by atoms with Crippen LogP contribution < -0.4 is 10.6 Å². The van der Waals surface area contributed by atoms with Gasteiger partial charge in [-0.15, -0.1) is 0 Å². The molecule has 0 radical (unpaired) electrons. The summed E-state index contributed by atoms with van der Waals surface area (Å²) in [5.74, 6) is -1.53. The molecular weight excluding hydrogens is 518 g/mol. The van der Waals surface area contributed by atoms with Crippen LogP contribution in [0.5, 0.6) is 0 Å². The van der Waals surface area contributed by atoms with E-state index < -0.39 is 23.5 Å². The van der Waals surface area contributed by atoms with Crippen molar-refractivity contribution < 1.29 is 24.2 Å². The highest BCUT2D eigenvalue weighted by molar-refractivity contribution is 5.97. The molecule has 1 fully saturated rings. The maximum absolute atomic E-state index is 12.9. The average molecular weight is 554 g/mol. The lowest BCUT2D eigenvalue weighted by Gasteiger charge is -2.39. The summed E-state index contributed by atoms with van der Waals surface area (Å²) in [6, 6.07) is 26.3. The molecule has 0 unspecified atom stereocenters. The summed E-state index contributed by atoms with van der Waals surface area (Å²) in [7, 11) is 0. The normalized spacial score (nSPS) is 16.4. The van der Waals surface area contributed by atoms with E-state index in [2.05, 4.69) is 39.8 Å². The third-order valence-electron chi connectivity index (χ3n) is 8.08. The second-order valence-corrected chi connectivity index (χ2v) is 10.7. The minimum atomic E-state index is -1.32. The second kappa shape index (κ2) is 12.4. The Kier molecular flexibility index (Phi) is 8.50. The summed E-state index contributed by atoms with van der Waals surface area (Å²) in [6.45, 7) is 3.76. The number of carboxylic acids is 1. The van der Waals surface area contributed by atoms with Gasteiger partial charge in [-0.2, -0.15) is 0 Å². The number of amides is 2. The number of hydrogen-bond donors (Lipinski definition) is 3. The molecule has 0 spiro atoms. The van der Waals surface area contributed by atoms with Crippen LogP contribution in [0.15, 0.2) is 90.5 Å². The van der Waals surface area contributed by atoms with E-state index in [-0.39, 0.29) is 19.1 Å². The molecule has 0 aromatic heterocycles. The number of nitrogens with one attached hydrogen (secondary N) is 2. The van der Waals surface area contributed by atoms with Crippen molar-refractivity contribution in [1.29, 1.82) is 0 Å². The Hall–Kier alpha value is -4.43. The van der Waals surface area contributed by atoms with Gasteiger partial charge in [0.2, 0.25) is 5.91 Å². The number of benzene rings is 3. The molecule has 1 aliphatic heterocycles. The first-order chi connectivity index (χ1) is 19.9. The van der Waals surface area contributed by atoms with Gasteiger partial charge in [-0.1, -0.05) is 84.9 Å². The van der Waals surface area contributed by atoms with Crippen LogP contribution in [0.4, 0.5) is 4.79 Å². The van der Waals surface area contributed by atoms with E-state index in [9.17, 15) is 19.5 Å². The fourth-order valence-corrected chi connectivity index (χ4v) is 5.67. The average Bonchev–Trinajstić information content (AvgIpc) is 3.31. The number of rotatable bonds is 9. The van der Waals surface area contributed by atoms with Crippen LogP contribution in [-0.4, -0.2) is 59.8 Å². The number of fused-ring (bicyclic) bond motifs is 3. The van der Waals surface area contributed by atoms with Gasteiger partial charge in [0.15, 0.2) is 0 Å². The summed E-state index contributed by atoms with van der Waals surface area (Å²) >= 11 is 0. The summed E-state index contributed by atoms with van der Waals surface area (Å²) in [4.78, 5) is 39.8. The van der Waals surface area contributed by atoms with Crippen LogP contribution in [0.2, 0.25) is 0 Å². The Morgan fingerprint density at radius 3 is 2.12 bits per heavy atom. The van der Waals surface area contributed by atoms with Gasteiger partial charge in [-0.3, -0.25) is 9.69 Å². The van der Waals surface area contributed by atoms with Gasteiger partial charge < -0.3 is 20.5 Å². The lowest BCUT2D eigenvalue weighted by atomic mass is 9.87. The zero-order valence-corrected chi connectivity index (χ0v) is 23.1.